The molecule has 1 saturated heterocycles. The lowest BCUT2D eigenvalue weighted by molar-refractivity contribution is -0.160. The summed E-state index contributed by atoms with van der Waals surface area (Å²) in [6, 6.07) is 10.1. The Labute approximate surface area is 379 Å². The minimum Gasteiger partial charge on any atom is -0.507 e. The number of Topliss-reactive ketones (excluding diaryl/α,β-unsaturated/α-hetero) is 1. The SMILES string of the molecule is COC1C=COC2(C)Oc3c(C)c(O)c4c(O)c(c(/C=N/N5CCN(Cc6ccccc6)CC5)c(O)c4c3C2=O)NC(=O)C(C)=CC=CC(C)C(O)C(C)C(O)C(C)C(OC(C)=O)C1C. The number of phenolic OH excluding ortho intramolecular Hbond substituents is 3. The highest BCUT2D eigenvalue weighted by Gasteiger charge is 2.50. The van der Waals surface area contributed by atoms with E-state index in [-0.39, 0.29) is 44.5 Å². The number of carbonyl (C=O) groups excluding carboxylic acids is 3. The predicted octanol–water partition coefficient (Wildman–Crippen LogP) is 5.91. The number of hydrogen-bond donors (Lipinski definition) is 6. The van der Waals surface area contributed by atoms with E-state index < -0.39 is 88.8 Å². The lowest BCUT2D eigenvalue weighted by Gasteiger charge is -2.38. The Hall–Kier alpha value is -5.94. The van der Waals surface area contributed by atoms with Crippen LogP contribution in [0.1, 0.15) is 75.5 Å². The Morgan fingerprint density at radius 2 is 1.60 bits per heavy atom. The van der Waals surface area contributed by atoms with Crippen LogP contribution in [-0.4, -0.2) is 123 Å². The first-order valence-corrected chi connectivity index (χ1v) is 21.9. The third kappa shape index (κ3) is 10.0. The number of anilines is 1. The van der Waals surface area contributed by atoms with Crippen molar-refractivity contribution in [1.29, 1.82) is 0 Å². The van der Waals surface area contributed by atoms with Gasteiger partial charge in [0.25, 0.3) is 11.7 Å². The molecule has 4 aliphatic rings. The van der Waals surface area contributed by atoms with E-state index in [4.69, 9.17) is 18.9 Å². The summed E-state index contributed by atoms with van der Waals surface area (Å²) in [5.74, 6) is -8.42. The van der Waals surface area contributed by atoms with Crippen molar-refractivity contribution in [2.75, 3.05) is 38.6 Å². The maximum atomic E-state index is 14.6. The van der Waals surface area contributed by atoms with E-state index in [1.165, 1.54) is 65.0 Å². The molecule has 350 valence electrons. The zero-order valence-corrected chi connectivity index (χ0v) is 38.4. The van der Waals surface area contributed by atoms with Crippen molar-refractivity contribution >= 4 is 40.3 Å². The molecular weight excluding hydrogens is 837 g/mol. The number of nitrogens with zero attached hydrogens (tertiary/aromatic N) is 3. The number of aromatic hydroxyl groups is 3. The van der Waals surface area contributed by atoms with E-state index in [1.54, 1.807) is 44.9 Å². The molecule has 65 heavy (non-hydrogen) atoms. The van der Waals surface area contributed by atoms with Gasteiger partial charge < -0.3 is 49.8 Å². The Morgan fingerprint density at radius 3 is 2.25 bits per heavy atom. The molecule has 9 atom stereocenters. The monoisotopic (exact) mass is 898 g/mol. The second-order valence-electron chi connectivity index (χ2n) is 17.6. The van der Waals surface area contributed by atoms with Gasteiger partial charge in [-0.25, -0.2) is 0 Å². The lowest BCUT2D eigenvalue weighted by atomic mass is 9.78. The number of ether oxygens (including phenoxy) is 4. The van der Waals surface area contributed by atoms with Crippen LogP contribution in [0.15, 0.2) is 71.6 Å². The molecule has 6 N–H and O–H groups in total. The van der Waals surface area contributed by atoms with Gasteiger partial charge in [0.15, 0.2) is 5.75 Å². The van der Waals surface area contributed by atoms with Crippen LogP contribution in [0, 0.1) is 30.6 Å². The van der Waals surface area contributed by atoms with Gasteiger partial charge in [-0.2, -0.15) is 5.10 Å². The molecule has 0 aromatic heterocycles. The van der Waals surface area contributed by atoms with Crippen molar-refractivity contribution < 1.29 is 58.9 Å². The molecular formula is C49H62N4O12. The molecule has 16 nitrogen and oxygen atoms in total. The number of amides is 1. The largest absolute Gasteiger partial charge is 0.507 e. The van der Waals surface area contributed by atoms with Crippen LogP contribution in [0.3, 0.4) is 0 Å². The van der Waals surface area contributed by atoms with Crippen LogP contribution < -0.4 is 10.1 Å². The Kier molecular flexibility index (Phi) is 15.0. The number of nitrogens with one attached hydrogen (secondary N) is 1. The second-order valence-corrected chi connectivity index (χ2v) is 17.6. The summed E-state index contributed by atoms with van der Waals surface area (Å²) >= 11 is 0. The third-order valence-corrected chi connectivity index (χ3v) is 13.0. The first kappa shape index (κ1) is 48.5. The zero-order chi connectivity index (χ0) is 47.5. The maximum Gasteiger partial charge on any atom is 0.312 e. The molecule has 0 radical (unpaired) electrons. The molecule has 1 amide bonds. The fraction of sp³-hybridized carbons (Fsp3) is 0.469. The number of allylic oxidation sites excluding steroid dienone is 2. The number of fused-ring (bicyclic) bond motifs is 14. The fourth-order valence-corrected chi connectivity index (χ4v) is 8.86. The number of phenols is 3. The molecule has 4 heterocycles. The van der Waals surface area contributed by atoms with Gasteiger partial charge in [-0.05, 0) is 25.5 Å². The van der Waals surface area contributed by atoms with Crippen molar-refractivity contribution in [1.82, 2.24) is 9.91 Å². The molecule has 9 unspecified atom stereocenters. The van der Waals surface area contributed by atoms with Crippen molar-refractivity contribution in [2.24, 2.45) is 28.8 Å². The average Bonchev–Trinajstić information content (AvgIpc) is 3.55. The fourth-order valence-electron chi connectivity index (χ4n) is 8.86. The highest BCUT2D eigenvalue weighted by molar-refractivity contribution is 6.23. The summed E-state index contributed by atoms with van der Waals surface area (Å²) in [6.07, 6.45) is 4.87. The van der Waals surface area contributed by atoms with Crippen LogP contribution in [0.2, 0.25) is 0 Å². The van der Waals surface area contributed by atoms with Crippen molar-refractivity contribution in [2.45, 2.75) is 92.1 Å². The van der Waals surface area contributed by atoms with Crippen molar-refractivity contribution in [3.8, 4) is 23.0 Å². The smallest absolute Gasteiger partial charge is 0.312 e. The van der Waals surface area contributed by atoms with Gasteiger partial charge >= 0.3 is 11.8 Å². The summed E-state index contributed by atoms with van der Waals surface area (Å²) < 4.78 is 23.7. The van der Waals surface area contributed by atoms with Crippen LogP contribution in [0.25, 0.3) is 10.8 Å². The lowest BCUT2D eigenvalue weighted by Crippen LogP contribution is -2.46. The number of ketones is 1. The van der Waals surface area contributed by atoms with Crippen LogP contribution in [0.4, 0.5) is 5.69 Å². The molecule has 16 heteroatoms. The number of methoxy groups -OCH3 is 1. The molecule has 3 aromatic carbocycles. The van der Waals surface area contributed by atoms with Gasteiger partial charge in [0.05, 0.1) is 53.0 Å². The van der Waals surface area contributed by atoms with E-state index >= 15 is 0 Å². The number of esters is 1. The maximum absolute atomic E-state index is 14.6. The molecule has 0 aliphatic carbocycles. The van der Waals surface area contributed by atoms with Gasteiger partial charge in [-0.1, -0.05) is 76.3 Å². The summed E-state index contributed by atoms with van der Waals surface area (Å²) in [4.78, 5) is 43.1. The highest BCUT2D eigenvalue weighted by Crippen LogP contribution is 2.55. The van der Waals surface area contributed by atoms with E-state index in [0.717, 1.165) is 6.54 Å². The normalized spacial score (nSPS) is 28.4. The first-order chi connectivity index (χ1) is 30.8. The molecule has 0 spiro atoms. The van der Waals surface area contributed by atoms with Crippen LogP contribution in [-0.2, 0) is 30.3 Å². The average molecular weight is 899 g/mol. The van der Waals surface area contributed by atoms with E-state index in [9.17, 15) is 39.9 Å². The van der Waals surface area contributed by atoms with E-state index in [1.807, 2.05) is 18.2 Å². The van der Waals surface area contributed by atoms with Gasteiger partial charge in [-0.3, -0.25) is 24.3 Å². The summed E-state index contributed by atoms with van der Waals surface area (Å²) in [6.45, 7) is 15.8. The Morgan fingerprint density at radius 1 is 0.923 bits per heavy atom. The quantitative estimate of drug-likeness (QED) is 0.0734. The van der Waals surface area contributed by atoms with Crippen LogP contribution >= 0.6 is 0 Å². The molecule has 1 fully saturated rings. The number of piperazine rings is 1. The van der Waals surface area contributed by atoms with E-state index in [0.29, 0.717) is 26.2 Å². The molecule has 3 aromatic rings. The number of hydrazone groups is 1. The number of benzene rings is 3. The van der Waals surface area contributed by atoms with Crippen molar-refractivity contribution in [3.05, 3.63) is 88.7 Å². The predicted molar refractivity (Wildman–Crippen MR) is 245 cm³/mol. The standard InChI is InChI=1S/C49H62N4O12/c1-26-14-13-15-27(2)48(61)51-39-34(24-50-53-21-19-52(20-22-53)25-33-16-11-10-12-17-33)43(58)36-37(44(39)59)42(57)31(6)46-38(36)47(60)49(8,65-46)63-23-18-35(62-9)28(3)45(64-32(7)54)30(5)41(56)29(4)40(26)55/h10-18,23-24,26,28-30,35,40-41,45,55-59H,19-22,25H2,1-9H3,(H,51,61)/b14-13?,23-18?,27-15?,50-24+. The summed E-state index contributed by atoms with van der Waals surface area (Å²) in [5, 5.41) is 67.5. The number of aliphatic hydroxyl groups excluding tert-OH is 2. The molecule has 5 bridgehead atoms. The minimum atomic E-state index is -2.06. The summed E-state index contributed by atoms with van der Waals surface area (Å²) in [7, 11) is 1.44. The van der Waals surface area contributed by atoms with E-state index in [2.05, 4.69) is 27.5 Å². The number of carbonyl (C=O) groups is 3. The van der Waals surface area contributed by atoms with Crippen molar-refractivity contribution in [3.63, 3.8) is 0 Å². The number of aliphatic hydroxyl groups is 2. The molecule has 7 rings (SSSR count). The minimum absolute atomic E-state index is 0.0522. The number of rotatable bonds is 6. The molecule has 0 saturated carbocycles. The van der Waals surface area contributed by atoms with Gasteiger partial charge in [0.2, 0.25) is 0 Å². The topological polar surface area (TPSA) is 220 Å². The number of hydrogen-bond acceptors (Lipinski definition) is 15. The van der Waals surface area contributed by atoms with Gasteiger partial charge in [0, 0.05) is 93.9 Å². The summed E-state index contributed by atoms with van der Waals surface area (Å²) in [5.41, 5.74) is 0.808. The zero-order valence-electron chi connectivity index (χ0n) is 38.4. The Bertz CT molecular complexity index is 2390. The van der Waals surface area contributed by atoms with Gasteiger partial charge in [0.1, 0.15) is 23.4 Å². The molecule has 4 aliphatic heterocycles. The highest BCUT2D eigenvalue weighted by atomic mass is 16.7. The first-order valence-electron chi connectivity index (χ1n) is 21.9. The second kappa shape index (κ2) is 20.1. The van der Waals surface area contributed by atoms with Gasteiger partial charge in [-0.15, -0.1) is 0 Å². The van der Waals surface area contributed by atoms with Crippen LogP contribution in [0.5, 0.6) is 23.0 Å². The Balaban J connectivity index is 1.46. The third-order valence-electron chi connectivity index (χ3n) is 13.0.